The molecule has 1 aromatic rings. The van der Waals surface area contributed by atoms with Crippen LogP contribution in [0.5, 0.6) is 0 Å². The molecular formula is C15H19NO. The van der Waals surface area contributed by atoms with Gasteiger partial charge in [-0.25, -0.2) is 0 Å². The molecule has 2 heteroatoms. The van der Waals surface area contributed by atoms with Gasteiger partial charge in [-0.15, -0.1) is 6.58 Å². The van der Waals surface area contributed by atoms with Gasteiger partial charge in [-0.1, -0.05) is 42.5 Å². The minimum absolute atomic E-state index is 0.0539. The molecule has 0 aliphatic carbocycles. The smallest absolute Gasteiger partial charge is 0.246 e. The second-order valence-electron chi connectivity index (χ2n) is 3.82. The van der Waals surface area contributed by atoms with Crippen LogP contribution in [0.2, 0.25) is 0 Å². The standard InChI is InChI=1S/C15H19NO/c1-3-5-12-16(15(17)9-4-2)13-14-10-7-6-8-11-14/h3-4,6-11H,1,5,12-13H2,2H3/b9-4+. The molecule has 1 aromatic carbocycles. The fourth-order valence-electron chi connectivity index (χ4n) is 1.57. The van der Waals surface area contributed by atoms with Crippen molar-refractivity contribution < 1.29 is 4.79 Å². The Morgan fingerprint density at radius 1 is 1.35 bits per heavy atom. The Morgan fingerprint density at radius 3 is 2.65 bits per heavy atom. The number of hydrogen-bond acceptors (Lipinski definition) is 1. The van der Waals surface area contributed by atoms with Gasteiger partial charge < -0.3 is 4.90 Å². The molecule has 0 heterocycles. The van der Waals surface area contributed by atoms with Crippen molar-refractivity contribution in [2.45, 2.75) is 19.9 Å². The van der Waals surface area contributed by atoms with Crippen LogP contribution in [0.1, 0.15) is 18.9 Å². The van der Waals surface area contributed by atoms with Crippen molar-refractivity contribution in [1.82, 2.24) is 4.90 Å². The molecule has 0 spiro atoms. The van der Waals surface area contributed by atoms with Gasteiger partial charge in [-0.2, -0.15) is 0 Å². The van der Waals surface area contributed by atoms with Gasteiger partial charge in [-0.3, -0.25) is 4.79 Å². The summed E-state index contributed by atoms with van der Waals surface area (Å²) in [5, 5.41) is 0. The summed E-state index contributed by atoms with van der Waals surface area (Å²) in [5.74, 6) is 0.0539. The number of amides is 1. The van der Waals surface area contributed by atoms with E-state index in [-0.39, 0.29) is 5.91 Å². The summed E-state index contributed by atoms with van der Waals surface area (Å²) in [7, 11) is 0. The van der Waals surface area contributed by atoms with Crippen LogP contribution in [0.15, 0.2) is 55.1 Å². The number of carbonyl (C=O) groups excluding carboxylic acids is 1. The van der Waals surface area contributed by atoms with E-state index in [1.54, 1.807) is 12.2 Å². The maximum Gasteiger partial charge on any atom is 0.246 e. The van der Waals surface area contributed by atoms with Gasteiger partial charge in [0.25, 0.3) is 0 Å². The molecule has 0 radical (unpaired) electrons. The zero-order chi connectivity index (χ0) is 12.5. The maximum absolute atomic E-state index is 11.9. The van der Waals surface area contributed by atoms with E-state index in [2.05, 4.69) is 6.58 Å². The second-order valence-corrected chi connectivity index (χ2v) is 3.82. The first kappa shape index (κ1) is 13.2. The molecule has 1 amide bonds. The second kappa shape index (κ2) is 7.44. The Balaban J connectivity index is 2.69. The van der Waals surface area contributed by atoms with Crippen LogP contribution in [-0.2, 0) is 11.3 Å². The van der Waals surface area contributed by atoms with Crippen LogP contribution < -0.4 is 0 Å². The highest BCUT2D eigenvalue weighted by atomic mass is 16.2. The Hall–Kier alpha value is -1.83. The first-order chi connectivity index (χ1) is 8.27. The predicted molar refractivity (Wildman–Crippen MR) is 71.5 cm³/mol. The summed E-state index contributed by atoms with van der Waals surface area (Å²) >= 11 is 0. The molecule has 0 bridgehead atoms. The molecule has 17 heavy (non-hydrogen) atoms. The Bertz CT molecular complexity index is 381. The maximum atomic E-state index is 11.9. The third-order valence-corrected chi connectivity index (χ3v) is 2.44. The van der Waals surface area contributed by atoms with Crippen molar-refractivity contribution in [3.05, 3.63) is 60.7 Å². The van der Waals surface area contributed by atoms with E-state index in [9.17, 15) is 4.79 Å². The van der Waals surface area contributed by atoms with Crippen LogP contribution >= 0.6 is 0 Å². The fraction of sp³-hybridized carbons (Fsp3) is 0.267. The van der Waals surface area contributed by atoms with Crippen LogP contribution in [0, 0.1) is 0 Å². The summed E-state index contributed by atoms with van der Waals surface area (Å²) in [4.78, 5) is 13.7. The molecule has 0 N–H and O–H groups in total. The minimum Gasteiger partial charge on any atom is -0.335 e. The molecular weight excluding hydrogens is 210 g/mol. The van der Waals surface area contributed by atoms with E-state index in [1.165, 1.54) is 0 Å². The zero-order valence-electron chi connectivity index (χ0n) is 10.3. The lowest BCUT2D eigenvalue weighted by atomic mass is 10.2. The SMILES string of the molecule is C=CCCN(Cc1ccccc1)C(=O)/C=C/C. The number of benzene rings is 1. The van der Waals surface area contributed by atoms with E-state index in [4.69, 9.17) is 0 Å². The summed E-state index contributed by atoms with van der Waals surface area (Å²) in [6.07, 6.45) is 6.03. The highest BCUT2D eigenvalue weighted by molar-refractivity contribution is 5.87. The highest BCUT2D eigenvalue weighted by Gasteiger charge is 2.09. The van der Waals surface area contributed by atoms with Crippen molar-refractivity contribution in [3.8, 4) is 0 Å². The van der Waals surface area contributed by atoms with Crippen molar-refractivity contribution in [2.24, 2.45) is 0 Å². The molecule has 0 aliphatic rings. The first-order valence-electron chi connectivity index (χ1n) is 5.84. The monoisotopic (exact) mass is 229 g/mol. The lowest BCUT2D eigenvalue weighted by Gasteiger charge is -2.20. The van der Waals surface area contributed by atoms with Gasteiger partial charge in [0, 0.05) is 13.1 Å². The lowest BCUT2D eigenvalue weighted by molar-refractivity contribution is -0.126. The molecule has 0 unspecified atom stereocenters. The summed E-state index contributed by atoms with van der Waals surface area (Å²) < 4.78 is 0. The van der Waals surface area contributed by atoms with Gasteiger partial charge in [0.15, 0.2) is 0 Å². The quantitative estimate of drug-likeness (QED) is 0.542. The summed E-state index contributed by atoms with van der Waals surface area (Å²) in [6, 6.07) is 10.0. The van der Waals surface area contributed by atoms with Crippen LogP contribution in [0.25, 0.3) is 0 Å². The van der Waals surface area contributed by atoms with E-state index < -0.39 is 0 Å². The molecule has 0 atom stereocenters. The number of nitrogens with zero attached hydrogens (tertiary/aromatic N) is 1. The van der Waals surface area contributed by atoms with E-state index in [0.717, 1.165) is 12.0 Å². The van der Waals surface area contributed by atoms with Crippen molar-refractivity contribution >= 4 is 5.91 Å². The Labute approximate surface area is 103 Å². The van der Waals surface area contributed by atoms with Gasteiger partial charge in [0.1, 0.15) is 0 Å². The van der Waals surface area contributed by atoms with E-state index in [0.29, 0.717) is 13.1 Å². The molecule has 0 saturated carbocycles. The molecule has 0 fully saturated rings. The minimum atomic E-state index is 0.0539. The van der Waals surface area contributed by atoms with Gasteiger partial charge in [0.05, 0.1) is 0 Å². The average Bonchev–Trinajstić information content (AvgIpc) is 2.36. The van der Waals surface area contributed by atoms with Gasteiger partial charge >= 0.3 is 0 Å². The topological polar surface area (TPSA) is 20.3 Å². The molecule has 0 saturated heterocycles. The molecule has 2 nitrogen and oxygen atoms in total. The predicted octanol–water partition coefficient (Wildman–Crippen LogP) is 3.17. The van der Waals surface area contributed by atoms with Crippen molar-refractivity contribution in [2.75, 3.05) is 6.54 Å². The lowest BCUT2D eigenvalue weighted by Crippen LogP contribution is -2.29. The molecule has 0 aliphatic heterocycles. The van der Waals surface area contributed by atoms with Crippen LogP contribution in [0.3, 0.4) is 0 Å². The number of allylic oxidation sites excluding steroid dienone is 1. The van der Waals surface area contributed by atoms with E-state index >= 15 is 0 Å². The summed E-state index contributed by atoms with van der Waals surface area (Å²) in [5.41, 5.74) is 1.15. The van der Waals surface area contributed by atoms with Crippen LogP contribution in [0.4, 0.5) is 0 Å². The van der Waals surface area contributed by atoms with Crippen molar-refractivity contribution in [3.63, 3.8) is 0 Å². The summed E-state index contributed by atoms with van der Waals surface area (Å²) in [6.45, 7) is 6.90. The van der Waals surface area contributed by atoms with Crippen LogP contribution in [-0.4, -0.2) is 17.4 Å². The van der Waals surface area contributed by atoms with Gasteiger partial charge in [-0.05, 0) is 25.0 Å². The van der Waals surface area contributed by atoms with Crippen molar-refractivity contribution in [1.29, 1.82) is 0 Å². The third kappa shape index (κ3) is 4.68. The fourth-order valence-corrected chi connectivity index (χ4v) is 1.57. The normalized spacial score (nSPS) is 10.4. The highest BCUT2D eigenvalue weighted by Crippen LogP contribution is 2.06. The zero-order valence-corrected chi connectivity index (χ0v) is 10.3. The number of rotatable bonds is 6. The Kier molecular flexibility index (Phi) is 5.80. The number of hydrogen-bond donors (Lipinski definition) is 0. The Morgan fingerprint density at radius 2 is 2.06 bits per heavy atom. The molecule has 90 valence electrons. The third-order valence-electron chi connectivity index (χ3n) is 2.44. The van der Waals surface area contributed by atoms with E-state index in [1.807, 2.05) is 48.2 Å². The van der Waals surface area contributed by atoms with Gasteiger partial charge in [0.2, 0.25) is 5.91 Å². The first-order valence-corrected chi connectivity index (χ1v) is 5.84. The largest absolute Gasteiger partial charge is 0.335 e. The number of carbonyl (C=O) groups is 1. The average molecular weight is 229 g/mol. The molecule has 0 aromatic heterocycles. The molecule has 1 rings (SSSR count).